The normalized spacial score (nSPS) is 18.5. The number of aromatic nitrogens is 3. The van der Waals surface area contributed by atoms with Crippen LogP contribution in [0.25, 0.3) is 76.3 Å². The lowest BCUT2D eigenvalue weighted by atomic mass is 9.91. The smallest absolute Gasteiger partial charge is 0.165 e. The van der Waals surface area contributed by atoms with Crippen LogP contribution >= 0.6 is 23.1 Å². The molecule has 6 aromatic carbocycles. The number of benzene rings is 6. The van der Waals surface area contributed by atoms with Crippen molar-refractivity contribution in [2.75, 3.05) is 0 Å². The Hall–Kier alpha value is -5.62. The van der Waals surface area contributed by atoms with Gasteiger partial charge >= 0.3 is 0 Å². The molecular weight excluding hydrogens is 659 g/mol. The number of rotatable bonds is 5. The van der Waals surface area contributed by atoms with E-state index in [-0.39, 0.29) is 0 Å². The zero-order chi connectivity index (χ0) is 33.5. The number of fused-ring (bicyclic) bond motifs is 6. The van der Waals surface area contributed by atoms with Gasteiger partial charge in [0.05, 0.1) is 0 Å². The quantitative estimate of drug-likeness (QED) is 0.181. The highest BCUT2D eigenvalue weighted by Crippen LogP contribution is 2.67. The van der Waals surface area contributed by atoms with Crippen LogP contribution in [0.15, 0.2) is 163 Å². The first-order valence-electron chi connectivity index (χ1n) is 17.4. The second kappa shape index (κ2) is 11.5. The van der Waals surface area contributed by atoms with E-state index in [1.54, 1.807) is 0 Å². The van der Waals surface area contributed by atoms with Crippen LogP contribution in [-0.2, 0) is 0 Å². The summed E-state index contributed by atoms with van der Waals surface area (Å²) in [4.78, 5) is 17.5. The summed E-state index contributed by atoms with van der Waals surface area (Å²) in [6.45, 7) is 0. The van der Waals surface area contributed by atoms with Gasteiger partial charge in [-0.1, -0.05) is 140 Å². The molecule has 0 N–H and O–H groups in total. The average molecular weight is 688 g/mol. The van der Waals surface area contributed by atoms with Crippen LogP contribution < -0.4 is 0 Å². The van der Waals surface area contributed by atoms with E-state index >= 15 is 0 Å². The van der Waals surface area contributed by atoms with Crippen molar-refractivity contribution in [1.82, 2.24) is 15.0 Å². The summed E-state index contributed by atoms with van der Waals surface area (Å²) in [5.74, 6) is 3.05. The summed E-state index contributed by atoms with van der Waals surface area (Å²) in [6, 6.07) is 51.9. The molecule has 51 heavy (non-hydrogen) atoms. The van der Waals surface area contributed by atoms with Crippen LogP contribution in [0, 0.1) is 11.8 Å². The molecule has 3 nitrogen and oxygen atoms in total. The largest absolute Gasteiger partial charge is 0.208 e. The van der Waals surface area contributed by atoms with Gasteiger partial charge in [0.15, 0.2) is 17.5 Å². The zero-order valence-corrected chi connectivity index (χ0v) is 29.0. The predicted molar refractivity (Wildman–Crippen MR) is 213 cm³/mol. The molecule has 2 aromatic heterocycles. The van der Waals surface area contributed by atoms with Crippen molar-refractivity contribution in [3.05, 3.63) is 169 Å². The molecule has 5 heteroatoms. The SMILES string of the molecule is C1=C(c2nc(-c3ccccc3-c3ccccc3-c3ccccc3)nc(-c3cccc4c3sc3ccccc34)n2)C2C3Sc4ccccc4C(=C1)C32. The van der Waals surface area contributed by atoms with Crippen molar-refractivity contribution >= 4 is 54.4 Å². The lowest BCUT2D eigenvalue weighted by molar-refractivity contribution is 0.958. The highest BCUT2D eigenvalue weighted by Gasteiger charge is 2.59. The van der Waals surface area contributed by atoms with Gasteiger partial charge in [-0.25, -0.2) is 15.0 Å². The van der Waals surface area contributed by atoms with E-state index in [9.17, 15) is 0 Å². The first-order valence-corrected chi connectivity index (χ1v) is 19.1. The Balaban J connectivity index is 1.13. The third kappa shape index (κ3) is 4.62. The number of thioether (sulfide) groups is 1. The summed E-state index contributed by atoms with van der Waals surface area (Å²) < 4.78 is 2.47. The molecule has 240 valence electrons. The van der Waals surface area contributed by atoms with E-state index in [1.165, 1.54) is 52.9 Å². The molecule has 2 aliphatic carbocycles. The monoisotopic (exact) mass is 687 g/mol. The topological polar surface area (TPSA) is 38.7 Å². The Morgan fingerprint density at radius 3 is 1.82 bits per heavy atom. The van der Waals surface area contributed by atoms with Crippen molar-refractivity contribution in [2.24, 2.45) is 11.8 Å². The van der Waals surface area contributed by atoms with Gasteiger partial charge in [0.2, 0.25) is 0 Å². The molecule has 1 aliphatic heterocycles. The highest BCUT2D eigenvalue weighted by atomic mass is 32.2. The lowest BCUT2D eigenvalue weighted by Gasteiger charge is -2.18. The Morgan fingerprint density at radius 1 is 0.412 bits per heavy atom. The third-order valence-electron chi connectivity index (χ3n) is 10.6. The fourth-order valence-corrected chi connectivity index (χ4v) is 11.0. The molecule has 3 unspecified atom stereocenters. The van der Waals surface area contributed by atoms with Crippen LogP contribution in [0.1, 0.15) is 11.4 Å². The van der Waals surface area contributed by atoms with E-state index in [0.29, 0.717) is 28.7 Å². The minimum absolute atomic E-state index is 0.375. The zero-order valence-electron chi connectivity index (χ0n) is 27.4. The van der Waals surface area contributed by atoms with Crippen molar-refractivity contribution in [3.63, 3.8) is 0 Å². The number of thiophene rings is 1. The summed E-state index contributed by atoms with van der Waals surface area (Å²) in [7, 11) is 0. The third-order valence-corrected chi connectivity index (χ3v) is 13.3. The van der Waals surface area contributed by atoms with E-state index in [0.717, 1.165) is 28.1 Å². The maximum Gasteiger partial charge on any atom is 0.165 e. The molecule has 0 radical (unpaired) electrons. The molecule has 0 spiro atoms. The van der Waals surface area contributed by atoms with Crippen LogP contribution in [0.3, 0.4) is 0 Å². The van der Waals surface area contributed by atoms with Crippen molar-refractivity contribution in [3.8, 4) is 45.0 Å². The first kappa shape index (κ1) is 29.1. The number of hydrogen-bond donors (Lipinski definition) is 0. The minimum Gasteiger partial charge on any atom is -0.208 e. The fraction of sp³-hybridized carbons (Fsp3) is 0.0652. The molecule has 11 rings (SSSR count). The van der Waals surface area contributed by atoms with Gasteiger partial charge in [-0.15, -0.1) is 23.1 Å². The van der Waals surface area contributed by atoms with E-state index in [4.69, 9.17) is 15.0 Å². The predicted octanol–water partition coefficient (Wildman–Crippen LogP) is 12.1. The fourth-order valence-electron chi connectivity index (χ4n) is 8.19. The second-order valence-corrected chi connectivity index (χ2v) is 15.7. The molecule has 1 fully saturated rings. The average Bonchev–Trinajstić information content (AvgIpc) is 3.79. The standard InChI is InChI=1S/C46H29N3S2/c1-2-13-27(14-3-1)28-15-4-5-16-29(28)30-17-6-7-20-35(30)44-47-45(36-26-25-33-31-18-8-10-23-38(31)51-43-40(33)41(36)43)49-46(48-44)37-22-12-21-34-32-19-9-11-24-39(32)50-42(34)37/h1-26,40-41,43H. The van der Waals surface area contributed by atoms with Crippen LogP contribution in [0.5, 0.6) is 0 Å². The molecule has 3 heterocycles. The van der Waals surface area contributed by atoms with Crippen molar-refractivity contribution in [1.29, 1.82) is 0 Å². The Bertz CT molecular complexity index is 2760. The summed E-state index contributed by atoms with van der Waals surface area (Å²) in [5, 5.41) is 3.00. The molecule has 3 atom stereocenters. The van der Waals surface area contributed by atoms with Gasteiger partial charge in [-0.3, -0.25) is 0 Å². The molecule has 8 aromatic rings. The van der Waals surface area contributed by atoms with Crippen molar-refractivity contribution in [2.45, 2.75) is 10.1 Å². The van der Waals surface area contributed by atoms with Gasteiger partial charge in [-0.05, 0) is 51.6 Å². The molecular formula is C46H29N3S2. The molecule has 0 amide bonds. The Kier molecular flexibility index (Phi) is 6.55. The van der Waals surface area contributed by atoms with Gasteiger partial charge in [0, 0.05) is 58.9 Å². The second-order valence-electron chi connectivity index (χ2n) is 13.4. The van der Waals surface area contributed by atoms with Crippen LogP contribution in [-0.4, -0.2) is 20.2 Å². The first-order chi connectivity index (χ1) is 25.3. The number of allylic oxidation sites excluding steroid dienone is 4. The van der Waals surface area contributed by atoms with E-state index < -0.39 is 0 Å². The van der Waals surface area contributed by atoms with Gasteiger partial charge in [0.25, 0.3) is 0 Å². The van der Waals surface area contributed by atoms with Gasteiger partial charge in [-0.2, -0.15) is 0 Å². The maximum atomic E-state index is 5.38. The lowest BCUT2D eigenvalue weighted by Crippen LogP contribution is -2.06. The Labute approximate surface area is 304 Å². The van der Waals surface area contributed by atoms with Crippen LogP contribution in [0.2, 0.25) is 0 Å². The van der Waals surface area contributed by atoms with Crippen LogP contribution in [0.4, 0.5) is 0 Å². The van der Waals surface area contributed by atoms with E-state index in [1.807, 2.05) is 23.1 Å². The van der Waals surface area contributed by atoms with Crippen molar-refractivity contribution < 1.29 is 0 Å². The van der Waals surface area contributed by atoms with Gasteiger partial charge in [0.1, 0.15) is 0 Å². The van der Waals surface area contributed by atoms with E-state index in [2.05, 4.69) is 158 Å². The molecule has 3 aliphatic rings. The molecule has 1 saturated carbocycles. The summed E-state index contributed by atoms with van der Waals surface area (Å²) in [5.41, 5.74) is 10.7. The Morgan fingerprint density at radius 2 is 0.980 bits per heavy atom. The van der Waals surface area contributed by atoms with Gasteiger partial charge < -0.3 is 0 Å². The summed E-state index contributed by atoms with van der Waals surface area (Å²) in [6.07, 6.45) is 4.62. The number of hydrogen-bond acceptors (Lipinski definition) is 5. The minimum atomic E-state index is 0.375. The maximum absolute atomic E-state index is 5.38. The molecule has 0 saturated heterocycles. The molecule has 0 bridgehead atoms. The number of nitrogens with zero attached hydrogens (tertiary/aromatic N) is 3. The summed E-state index contributed by atoms with van der Waals surface area (Å²) >= 11 is 3.83. The highest BCUT2D eigenvalue weighted by molar-refractivity contribution is 8.00.